The van der Waals surface area contributed by atoms with Gasteiger partial charge in [-0.1, -0.05) is 33.1 Å². The van der Waals surface area contributed by atoms with Crippen molar-refractivity contribution in [1.29, 1.82) is 0 Å². The van der Waals surface area contributed by atoms with Crippen LogP contribution < -0.4 is 0 Å². The zero-order valence-corrected chi connectivity index (χ0v) is 11.3. The van der Waals surface area contributed by atoms with Gasteiger partial charge in [-0.3, -0.25) is 4.90 Å². The molecule has 1 saturated carbocycles. The first-order valence-corrected chi connectivity index (χ1v) is 6.81. The molecule has 1 aliphatic rings. The van der Waals surface area contributed by atoms with Gasteiger partial charge in [-0.15, -0.1) is 0 Å². The van der Waals surface area contributed by atoms with Crippen molar-refractivity contribution in [3.05, 3.63) is 0 Å². The lowest BCUT2D eigenvalue weighted by molar-refractivity contribution is 0.0567. The van der Waals surface area contributed by atoms with Crippen LogP contribution in [0.3, 0.4) is 0 Å². The predicted molar refractivity (Wildman–Crippen MR) is 68.1 cm³/mol. The van der Waals surface area contributed by atoms with Crippen LogP contribution in [0.1, 0.15) is 66.7 Å². The van der Waals surface area contributed by atoms with E-state index in [2.05, 4.69) is 39.5 Å². The summed E-state index contributed by atoms with van der Waals surface area (Å²) in [5.74, 6) is 0.773. The summed E-state index contributed by atoms with van der Waals surface area (Å²) in [6.07, 6.45) is 7.19. The molecule has 1 rings (SSSR count). The molecular formula is C14H29N. The van der Waals surface area contributed by atoms with Gasteiger partial charge in [-0.2, -0.15) is 0 Å². The Hall–Kier alpha value is -0.0400. The van der Waals surface area contributed by atoms with E-state index >= 15 is 0 Å². The summed E-state index contributed by atoms with van der Waals surface area (Å²) >= 11 is 0. The molecule has 0 amide bonds. The first kappa shape index (κ1) is 13.0. The molecule has 0 radical (unpaired) electrons. The molecule has 0 unspecified atom stereocenters. The lowest BCUT2D eigenvalue weighted by Crippen LogP contribution is -2.49. The second kappa shape index (κ2) is 5.89. The fourth-order valence-electron chi connectivity index (χ4n) is 2.95. The SMILES string of the molecule is CC(C)[C@H](C)N(C(C)C)C1CCCCC1. The van der Waals surface area contributed by atoms with Crippen LogP contribution in [0.4, 0.5) is 0 Å². The molecule has 1 heteroatoms. The summed E-state index contributed by atoms with van der Waals surface area (Å²) < 4.78 is 0. The van der Waals surface area contributed by atoms with Gasteiger partial charge in [-0.05, 0) is 39.5 Å². The highest BCUT2D eigenvalue weighted by Gasteiger charge is 2.28. The van der Waals surface area contributed by atoms with Crippen molar-refractivity contribution in [2.75, 3.05) is 0 Å². The van der Waals surface area contributed by atoms with Crippen LogP contribution in [0.2, 0.25) is 0 Å². The Kier molecular flexibility index (Phi) is 5.11. The van der Waals surface area contributed by atoms with Crippen molar-refractivity contribution >= 4 is 0 Å². The molecule has 0 N–H and O–H groups in total. The molecule has 0 aromatic heterocycles. The first-order chi connectivity index (χ1) is 7.04. The van der Waals surface area contributed by atoms with Gasteiger partial charge in [0, 0.05) is 18.1 Å². The van der Waals surface area contributed by atoms with E-state index in [1.807, 2.05) is 0 Å². The third kappa shape index (κ3) is 3.48. The lowest BCUT2D eigenvalue weighted by atomic mass is 9.90. The van der Waals surface area contributed by atoms with Crippen molar-refractivity contribution in [1.82, 2.24) is 4.90 Å². The van der Waals surface area contributed by atoms with Gasteiger partial charge in [0.15, 0.2) is 0 Å². The van der Waals surface area contributed by atoms with Crippen molar-refractivity contribution in [3.63, 3.8) is 0 Å². The minimum absolute atomic E-state index is 0.700. The Morgan fingerprint density at radius 2 is 1.40 bits per heavy atom. The van der Waals surface area contributed by atoms with E-state index in [9.17, 15) is 0 Å². The van der Waals surface area contributed by atoms with Crippen LogP contribution in [-0.2, 0) is 0 Å². The van der Waals surface area contributed by atoms with Crippen LogP contribution in [0.5, 0.6) is 0 Å². The Bertz CT molecular complexity index is 168. The topological polar surface area (TPSA) is 3.24 Å². The Balaban J connectivity index is 2.63. The summed E-state index contributed by atoms with van der Waals surface area (Å²) in [5, 5.41) is 0. The summed E-state index contributed by atoms with van der Waals surface area (Å²) in [4.78, 5) is 2.77. The monoisotopic (exact) mass is 211 g/mol. The average Bonchev–Trinajstić information content (AvgIpc) is 2.18. The molecule has 1 aliphatic carbocycles. The fraction of sp³-hybridized carbons (Fsp3) is 1.00. The van der Waals surface area contributed by atoms with E-state index in [-0.39, 0.29) is 0 Å². The van der Waals surface area contributed by atoms with Crippen molar-refractivity contribution in [3.8, 4) is 0 Å². The van der Waals surface area contributed by atoms with Crippen LogP contribution in [0.25, 0.3) is 0 Å². The van der Waals surface area contributed by atoms with E-state index in [1.165, 1.54) is 32.1 Å². The molecule has 15 heavy (non-hydrogen) atoms. The van der Waals surface area contributed by atoms with Gasteiger partial charge in [0.1, 0.15) is 0 Å². The van der Waals surface area contributed by atoms with Crippen LogP contribution in [0, 0.1) is 5.92 Å². The van der Waals surface area contributed by atoms with Crippen LogP contribution >= 0.6 is 0 Å². The Morgan fingerprint density at radius 3 is 1.80 bits per heavy atom. The fourth-order valence-corrected chi connectivity index (χ4v) is 2.95. The van der Waals surface area contributed by atoms with Gasteiger partial charge < -0.3 is 0 Å². The average molecular weight is 211 g/mol. The third-order valence-electron chi connectivity index (χ3n) is 4.03. The molecule has 0 heterocycles. The molecule has 90 valence electrons. The van der Waals surface area contributed by atoms with E-state index in [0.717, 1.165) is 18.0 Å². The minimum atomic E-state index is 0.700. The quantitative estimate of drug-likeness (QED) is 0.677. The molecule has 1 atom stereocenters. The van der Waals surface area contributed by atoms with Gasteiger partial charge in [0.05, 0.1) is 0 Å². The summed E-state index contributed by atoms with van der Waals surface area (Å²) in [6, 6.07) is 2.29. The zero-order chi connectivity index (χ0) is 11.4. The predicted octanol–water partition coefficient (Wildman–Crippen LogP) is 4.07. The van der Waals surface area contributed by atoms with E-state index in [0.29, 0.717) is 6.04 Å². The van der Waals surface area contributed by atoms with Crippen molar-refractivity contribution < 1.29 is 0 Å². The van der Waals surface area contributed by atoms with Gasteiger partial charge in [-0.25, -0.2) is 0 Å². The smallest absolute Gasteiger partial charge is 0.0101 e. The van der Waals surface area contributed by atoms with Crippen LogP contribution in [0.15, 0.2) is 0 Å². The molecule has 0 aliphatic heterocycles. The van der Waals surface area contributed by atoms with Gasteiger partial charge >= 0.3 is 0 Å². The second-order valence-corrected chi connectivity index (χ2v) is 5.82. The maximum Gasteiger partial charge on any atom is 0.0101 e. The van der Waals surface area contributed by atoms with Crippen molar-refractivity contribution in [2.45, 2.75) is 84.8 Å². The minimum Gasteiger partial charge on any atom is -0.295 e. The number of hydrogen-bond donors (Lipinski definition) is 0. The highest BCUT2D eigenvalue weighted by Crippen LogP contribution is 2.27. The molecule has 0 spiro atoms. The highest BCUT2D eigenvalue weighted by atomic mass is 15.2. The molecule has 1 nitrogen and oxygen atoms in total. The normalized spacial score (nSPS) is 21.6. The number of nitrogens with zero attached hydrogens (tertiary/aromatic N) is 1. The number of rotatable bonds is 4. The van der Waals surface area contributed by atoms with Gasteiger partial charge in [0.25, 0.3) is 0 Å². The Labute approximate surface area is 96.2 Å². The molecule has 0 saturated heterocycles. The highest BCUT2D eigenvalue weighted by molar-refractivity contribution is 4.83. The zero-order valence-electron chi connectivity index (χ0n) is 11.3. The molecule has 1 fully saturated rings. The molecule has 0 bridgehead atoms. The van der Waals surface area contributed by atoms with E-state index < -0.39 is 0 Å². The largest absolute Gasteiger partial charge is 0.295 e. The maximum absolute atomic E-state index is 2.77. The summed E-state index contributed by atoms with van der Waals surface area (Å²) in [6.45, 7) is 11.8. The summed E-state index contributed by atoms with van der Waals surface area (Å²) in [7, 11) is 0. The first-order valence-electron chi connectivity index (χ1n) is 6.81. The lowest BCUT2D eigenvalue weighted by Gasteiger charge is -2.43. The van der Waals surface area contributed by atoms with E-state index in [4.69, 9.17) is 0 Å². The number of hydrogen-bond acceptors (Lipinski definition) is 1. The molecule has 0 aromatic rings. The maximum atomic E-state index is 2.77. The molecule has 0 aromatic carbocycles. The standard InChI is InChI=1S/C14H29N/c1-11(2)13(5)15(12(3)4)14-9-7-6-8-10-14/h11-14H,6-10H2,1-5H3/t13-/m0/s1. The summed E-state index contributed by atoms with van der Waals surface area (Å²) in [5.41, 5.74) is 0. The van der Waals surface area contributed by atoms with Gasteiger partial charge in [0.2, 0.25) is 0 Å². The Morgan fingerprint density at radius 1 is 0.867 bits per heavy atom. The third-order valence-corrected chi connectivity index (χ3v) is 4.03. The molecular weight excluding hydrogens is 182 g/mol. The van der Waals surface area contributed by atoms with Crippen LogP contribution in [-0.4, -0.2) is 23.0 Å². The van der Waals surface area contributed by atoms with E-state index in [1.54, 1.807) is 0 Å². The van der Waals surface area contributed by atoms with Crippen molar-refractivity contribution in [2.24, 2.45) is 5.92 Å². The second-order valence-electron chi connectivity index (χ2n) is 5.82.